The molecule has 2 aromatic rings. The van der Waals surface area contributed by atoms with Crippen LogP contribution >= 0.6 is 27.5 Å². The topological polar surface area (TPSA) is 17.8 Å². The van der Waals surface area contributed by atoms with E-state index in [1.165, 1.54) is 24.8 Å². The molecule has 0 N–H and O–H groups in total. The van der Waals surface area contributed by atoms with Crippen molar-refractivity contribution in [3.8, 4) is 0 Å². The van der Waals surface area contributed by atoms with Crippen LogP contribution in [0.25, 0.3) is 11.0 Å². The highest BCUT2D eigenvalue weighted by Gasteiger charge is 2.66. The average molecular weight is 352 g/mol. The Labute approximate surface area is 131 Å². The summed E-state index contributed by atoms with van der Waals surface area (Å²) in [5, 5.41) is 0. The van der Waals surface area contributed by atoms with Gasteiger partial charge in [0.1, 0.15) is 5.82 Å². The summed E-state index contributed by atoms with van der Waals surface area (Å²) in [5.41, 5.74) is 2.34. The molecule has 2 nitrogen and oxygen atoms in total. The van der Waals surface area contributed by atoms with E-state index in [4.69, 9.17) is 16.6 Å². The molecule has 1 aromatic carbocycles. The van der Waals surface area contributed by atoms with Crippen molar-refractivity contribution < 1.29 is 0 Å². The number of aromatic nitrogens is 2. The van der Waals surface area contributed by atoms with Gasteiger partial charge in [-0.2, -0.15) is 0 Å². The van der Waals surface area contributed by atoms with Gasteiger partial charge in [0.25, 0.3) is 0 Å². The first-order valence-electron chi connectivity index (χ1n) is 7.50. The zero-order chi connectivity index (χ0) is 13.4. The number of halogens is 2. The molecule has 3 saturated carbocycles. The first-order chi connectivity index (χ1) is 9.78. The lowest BCUT2D eigenvalue weighted by Gasteiger charge is -2.13. The Morgan fingerprint density at radius 1 is 1.25 bits per heavy atom. The molecule has 4 unspecified atom stereocenters. The summed E-state index contributed by atoms with van der Waals surface area (Å²) >= 11 is 9.70. The summed E-state index contributed by atoms with van der Waals surface area (Å²) in [6, 6.07) is 7.10. The molecule has 5 rings (SSSR count). The van der Waals surface area contributed by atoms with Crippen molar-refractivity contribution in [3.63, 3.8) is 0 Å². The molecule has 3 fully saturated rings. The number of hydrogen-bond acceptors (Lipinski definition) is 1. The minimum Gasteiger partial charge on any atom is -0.323 e. The number of imidazole rings is 1. The lowest BCUT2D eigenvalue weighted by atomic mass is 10.0. The van der Waals surface area contributed by atoms with Gasteiger partial charge in [0.15, 0.2) is 0 Å². The second-order valence-electron chi connectivity index (χ2n) is 6.64. The van der Waals surface area contributed by atoms with Crippen LogP contribution in [0.2, 0.25) is 0 Å². The highest BCUT2D eigenvalue weighted by molar-refractivity contribution is 9.10. The number of fused-ring (bicyclic) bond motifs is 6. The van der Waals surface area contributed by atoms with Crippen molar-refractivity contribution >= 4 is 38.6 Å². The van der Waals surface area contributed by atoms with Crippen molar-refractivity contribution in [1.29, 1.82) is 0 Å². The molecule has 104 valence electrons. The van der Waals surface area contributed by atoms with E-state index in [1.54, 1.807) is 0 Å². The molecular weight excluding hydrogens is 336 g/mol. The normalized spacial score (nSPS) is 37.6. The Morgan fingerprint density at radius 2 is 2.00 bits per heavy atom. The molecule has 1 aromatic heterocycles. The standard InChI is InChI=1S/C16H16BrClN2/c17-10-3-4-12-11(6-10)19-13(7-18)20(12)16-14-8-1-2-9(5-8)15(14)16/h3-4,6,8-9,14-16H,1-2,5,7H2. The molecule has 0 aliphatic heterocycles. The van der Waals surface area contributed by atoms with E-state index in [0.29, 0.717) is 11.9 Å². The average Bonchev–Trinajstić information content (AvgIpc) is 2.80. The van der Waals surface area contributed by atoms with E-state index in [-0.39, 0.29) is 0 Å². The third-order valence-electron chi connectivity index (χ3n) is 5.84. The van der Waals surface area contributed by atoms with Crippen LogP contribution in [-0.2, 0) is 5.88 Å². The van der Waals surface area contributed by atoms with E-state index in [0.717, 1.165) is 39.5 Å². The van der Waals surface area contributed by atoms with Crippen LogP contribution in [-0.4, -0.2) is 9.55 Å². The van der Waals surface area contributed by atoms with Crippen molar-refractivity contribution in [2.45, 2.75) is 31.2 Å². The largest absolute Gasteiger partial charge is 0.323 e. The lowest BCUT2D eigenvalue weighted by Crippen LogP contribution is -2.07. The van der Waals surface area contributed by atoms with Crippen LogP contribution in [0.3, 0.4) is 0 Å². The van der Waals surface area contributed by atoms with Gasteiger partial charge in [0, 0.05) is 10.5 Å². The quantitative estimate of drug-likeness (QED) is 0.714. The minimum atomic E-state index is 0.511. The maximum atomic E-state index is 6.17. The number of alkyl halides is 1. The summed E-state index contributed by atoms with van der Waals surface area (Å²) in [4.78, 5) is 4.75. The highest BCUT2D eigenvalue weighted by atomic mass is 79.9. The molecule has 2 bridgehead atoms. The van der Waals surface area contributed by atoms with Gasteiger partial charge < -0.3 is 4.57 Å². The van der Waals surface area contributed by atoms with E-state index >= 15 is 0 Å². The van der Waals surface area contributed by atoms with Crippen molar-refractivity contribution in [1.82, 2.24) is 9.55 Å². The Bertz CT molecular complexity index is 694. The summed E-state index contributed by atoms with van der Waals surface area (Å²) in [6.45, 7) is 0. The zero-order valence-corrected chi connectivity index (χ0v) is 13.4. The van der Waals surface area contributed by atoms with Gasteiger partial charge in [0.05, 0.1) is 16.9 Å². The Balaban J connectivity index is 1.65. The molecule has 4 atom stereocenters. The van der Waals surface area contributed by atoms with Gasteiger partial charge in [-0.1, -0.05) is 15.9 Å². The first kappa shape index (κ1) is 12.0. The van der Waals surface area contributed by atoms with Gasteiger partial charge in [-0.3, -0.25) is 0 Å². The summed E-state index contributed by atoms with van der Waals surface area (Å²) in [5.74, 6) is 5.35. The number of benzene rings is 1. The predicted molar refractivity (Wildman–Crippen MR) is 83.8 cm³/mol. The zero-order valence-electron chi connectivity index (χ0n) is 11.1. The molecule has 3 aliphatic rings. The molecule has 0 spiro atoms. The first-order valence-corrected chi connectivity index (χ1v) is 8.83. The maximum absolute atomic E-state index is 6.17. The molecule has 0 radical (unpaired) electrons. The Kier molecular flexibility index (Phi) is 2.42. The monoisotopic (exact) mass is 350 g/mol. The number of nitrogens with zero attached hydrogens (tertiary/aromatic N) is 2. The third-order valence-corrected chi connectivity index (χ3v) is 6.57. The van der Waals surface area contributed by atoms with Crippen LogP contribution < -0.4 is 0 Å². The van der Waals surface area contributed by atoms with E-state index in [2.05, 4.69) is 38.7 Å². The van der Waals surface area contributed by atoms with Crippen LogP contribution in [0.1, 0.15) is 31.1 Å². The smallest absolute Gasteiger partial charge is 0.125 e. The van der Waals surface area contributed by atoms with E-state index in [9.17, 15) is 0 Å². The maximum Gasteiger partial charge on any atom is 0.125 e. The molecule has 4 heteroatoms. The van der Waals surface area contributed by atoms with Gasteiger partial charge in [0.2, 0.25) is 0 Å². The minimum absolute atomic E-state index is 0.511. The van der Waals surface area contributed by atoms with E-state index < -0.39 is 0 Å². The van der Waals surface area contributed by atoms with Crippen LogP contribution in [0.4, 0.5) is 0 Å². The van der Waals surface area contributed by atoms with Crippen LogP contribution in [0.5, 0.6) is 0 Å². The van der Waals surface area contributed by atoms with Gasteiger partial charge in [-0.05, 0) is 61.1 Å². The molecule has 0 saturated heterocycles. The van der Waals surface area contributed by atoms with Crippen molar-refractivity contribution in [2.75, 3.05) is 0 Å². The molecule has 3 aliphatic carbocycles. The molecule has 1 heterocycles. The predicted octanol–water partition coefficient (Wildman–Crippen LogP) is 4.75. The van der Waals surface area contributed by atoms with Crippen LogP contribution in [0, 0.1) is 23.7 Å². The SMILES string of the molecule is ClCc1nc2cc(Br)ccc2n1C1C2C3CCC(C3)C21. The van der Waals surface area contributed by atoms with Crippen molar-refractivity contribution in [2.24, 2.45) is 23.7 Å². The van der Waals surface area contributed by atoms with E-state index in [1.807, 2.05) is 0 Å². The van der Waals surface area contributed by atoms with Gasteiger partial charge in [-0.25, -0.2) is 4.98 Å². The second kappa shape index (κ2) is 4.01. The Morgan fingerprint density at radius 3 is 2.70 bits per heavy atom. The fourth-order valence-corrected chi connectivity index (χ4v) is 5.71. The molecular formula is C16H16BrClN2. The van der Waals surface area contributed by atoms with Gasteiger partial charge >= 0.3 is 0 Å². The molecule has 0 amide bonds. The Hall–Kier alpha value is -0.540. The summed E-state index contributed by atoms with van der Waals surface area (Å²) in [7, 11) is 0. The number of hydrogen-bond donors (Lipinski definition) is 0. The lowest BCUT2D eigenvalue weighted by molar-refractivity contribution is 0.454. The second-order valence-corrected chi connectivity index (χ2v) is 7.83. The van der Waals surface area contributed by atoms with Crippen LogP contribution in [0.15, 0.2) is 22.7 Å². The fraction of sp³-hybridized carbons (Fsp3) is 0.562. The molecule has 20 heavy (non-hydrogen) atoms. The third kappa shape index (κ3) is 1.43. The highest BCUT2D eigenvalue weighted by Crippen LogP contribution is 2.72. The van der Waals surface area contributed by atoms with Crippen molar-refractivity contribution in [3.05, 3.63) is 28.5 Å². The number of rotatable bonds is 2. The summed E-state index contributed by atoms with van der Waals surface area (Å²) in [6.07, 6.45) is 4.40. The fourth-order valence-electron chi connectivity index (χ4n) is 5.17. The summed E-state index contributed by atoms with van der Waals surface area (Å²) < 4.78 is 3.56. The van der Waals surface area contributed by atoms with Gasteiger partial charge in [-0.15, -0.1) is 11.6 Å².